The summed E-state index contributed by atoms with van der Waals surface area (Å²) in [7, 11) is 3.97. The Bertz CT molecular complexity index is 560. The molecule has 0 saturated carbocycles. The molecular formula is C18H27N3O2S. The first-order valence-electron chi connectivity index (χ1n) is 8.32. The first kappa shape index (κ1) is 18.8. The van der Waals surface area contributed by atoms with Crippen LogP contribution in [0.1, 0.15) is 18.4 Å². The molecule has 6 heteroatoms. The minimum absolute atomic E-state index is 0.0475. The number of thioether (sulfide) groups is 1. The summed E-state index contributed by atoms with van der Waals surface area (Å²) in [5.74, 6) is 0.107. The van der Waals surface area contributed by atoms with Crippen molar-refractivity contribution in [3.63, 3.8) is 0 Å². The highest BCUT2D eigenvalue weighted by atomic mass is 32.2. The van der Waals surface area contributed by atoms with E-state index in [1.54, 1.807) is 11.8 Å². The standard InChI is InChI=1S/C18H27N3O2S/c1-20(2)10-11-21-13-15(6-9-17(21)22)18(23)19-12-14-4-7-16(24-3)8-5-14/h4-5,7-8,15H,6,9-13H2,1-3H3,(H,19,23)/t15-/m1/s1. The van der Waals surface area contributed by atoms with Gasteiger partial charge in [0.15, 0.2) is 0 Å². The lowest BCUT2D eigenvalue weighted by Gasteiger charge is -2.32. The number of nitrogens with one attached hydrogen (secondary N) is 1. The summed E-state index contributed by atoms with van der Waals surface area (Å²) in [5, 5.41) is 3.01. The maximum atomic E-state index is 12.4. The molecule has 1 N–H and O–H groups in total. The molecule has 1 atom stereocenters. The van der Waals surface area contributed by atoms with Gasteiger partial charge in [-0.25, -0.2) is 0 Å². The highest BCUT2D eigenvalue weighted by Gasteiger charge is 2.29. The van der Waals surface area contributed by atoms with E-state index in [0.717, 1.165) is 12.1 Å². The van der Waals surface area contributed by atoms with E-state index in [0.29, 0.717) is 32.5 Å². The molecule has 1 aromatic carbocycles. The van der Waals surface area contributed by atoms with Crippen molar-refractivity contribution in [2.24, 2.45) is 5.92 Å². The molecule has 2 rings (SSSR count). The normalized spacial score (nSPS) is 18.1. The van der Waals surface area contributed by atoms with Gasteiger partial charge in [0, 0.05) is 37.5 Å². The molecule has 0 aromatic heterocycles. The number of likely N-dealkylation sites (N-methyl/N-ethyl adjacent to an activating group) is 1. The third-order valence-electron chi connectivity index (χ3n) is 4.31. The summed E-state index contributed by atoms with van der Waals surface area (Å²) >= 11 is 1.70. The first-order chi connectivity index (χ1) is 11.5. The van der Waals surface area contributed by atoms with Gasteiger partial charge in [0.25, 0.3) is 0 Å². The molecular weight excluding hydrogens is 322 g/mol. The molecule has 1 aliphatic heterocycles. The fourth-order valence-corrected chi connectivity index (χ4v) is 3.15. The zero-order valence-corrected chi connectivity index (χ0v) is 15.6. The van der Waals surface area contributed by atoms with E-state index in [4.69, 9.17) is 0 Å². The van der Waals surface area contributed by atoms with Gasteiger partial charge in [0.2, 0.25) is 11.8 Å². The van der Waals surface area contributed by atoms with E-state index in [9.17, 15) is 9.59 Å². The minimum atomic E-state index is -0.102. The second-order valence-corrected chi connectivity index (χ2v) is 7.32. The van der Waals surface area contributed by atoms with Crippen LogP contribution in [0.25, 0.3) is 0 Å². The average Bonchev–Trinajstić information content (AvgIpc) is 2.59. The van der Waals surface area contributed by atoms with Gasteiger partial charge in [-0.3, -0.25) is 9.59 Å². The molecule has 0 aliphatic carbocycles. The van der Waals surface area contributed by atoms with Crippen LogP contribution in [0.15, 0.2) is 29.2 Å². The third kappa shape index (κ3) is 5.53. The summed E-state index contributed by atoms with van der Waals surface area (Å²) in [6.07, 6.45) is 3.16. The maximum Gasteiger partial charge on any atom is 0.225 e. The predicted molar refractivity (Wildman–Crippen MR) is 97.9 cm³/mol. The van der Waals surface area contributed by atoms with Gasteiger partial charge >= 0.3 is 0 Å². The highest BCUT2D eigenvalue weighted by molar-refractivity contribution is 7.98. The molecule has 1 fully saturated rings. The summed E-state index contributed by atoms with van der Waals surface area (Å²) < 4.78 is 0. The van der Waals surface area contributed by atoms with Crippen molar-refractivity contribution in [3.05, 3.63) is 29.8 Å². The summed E-state index contributed by atoms with van der Waals surface area (Å²) in [6.45, 7) is 2.58. The lowest BCUT2D eigenvalue weighted by molar-refractivity contribution is -0.138. The van der Waals surface area contributed by atoms with Gasteiger partial charge in [-0.05, 0) is 44.5 Å². The van der Waals surface area contributed by atoms with Crippen molar-refractivity contribution in [1.29, 1.82) is 0 Å². The van der Waals surface area contributed by atoms with Crippen LogP contribution in [0.2, 0.25) is 0 Å². The third-order valence-corrected chi connectivity index (χ3v) is 5.06. The fraction of sp³-hybridized carbons (Fsp3) is 0.556. The number of benzene rings is 1. The Hall–Kier alpha value is -1.53. The molecule has 2 amide bonds. The molecule has 1 aliphatic rings. The van der Waals surface area contributed by atoms with E-state index >= 15 is 0 Å². The first-order valence-corrected chi connectivity index (χ1v) is 9.55. The quantitative estimate of drug-likeness (QED) is 0.763. The van der Waals surface area contributed by atoms with Gasteiger partial charge in [-0.15, -0.1) is 11.8 Å². The van der Waals surface area contributed by atoms with E-state index in [1.165, 1.54) is 4.90 Å². The maximum absolute atomic E-state index is 12.4. The second-order valence-electron chi connectivity index (χ2n) is 6.44. The smallest absolute Gasteiger partial charge is 0.225 e. The SMILES string of the molecule is CSc1ccc(CNC(=O)[C@@H]2CCC(=O)N(CCN(C)C)C2)cc1. The Balaban J connectivity index is 1.83. The average molecular weight is 350 g/mol. The Morgan fingerprint density at radius 3 is 2.67 bits per heavy atom. The van der Waals surface area contributed by atoms with Crippen molar-refractivity contribution in [1.82, 2.24) is 15.1 Å². The zero-order valence-electron chi connectivity index (χ0n) is 14.7. The van der Waals surface area contributed by atoms with Crippen molar-refractivity contribution in [3.8, 4) is 0 Å². The molecule has 24 heavy (non-hydrogen) atoms. The Labute approximate surface area is 148 Å². The second kappa shape index (κ2) is 9.08. The molecule has 0 unspecified atom stereocenters. The van der Waals surface area contributed by atoms with Crippen LogP contribution in [-0.2, 0) is 16.1 Å². The monoisotopic (exact) mass is 349 g/mol. The van der Waals surface area contributed by atoms with Crippen molar-refractivity contribution >= 4 is 23.6 Å². The zero-order chi connectivity index (χ0) is 17.5. The fourth-order valence-electron chi connectivity index (χ4n) is 2.74. The number of amides is 2. The van der Waals surface area contributed by atoms with Crippen LogP contribution in [0.4, 0.5) is 0 Å². The molecule has 5 nitrogen and oxygen atoms in total. The lowest BCUT2D eigenvalue weighted by atomic mass is 9.96. The molecule has 1 aromatic rings. The number of carbonyl (C=O) groups excluding carboxylic acids is 2. The van der Waals surface area contributed by atoms with Crippen molar-refractivity contribution in [2.45, 2.75) is 24.3 Å². The van der Waals surface area contributed by atoms with Gasteiger partial charge in [-0.2, -0.15) is 0 Å². The highest BCUT2D eigenvalue weighted by Crippen LogP contribution is 2.18. The van der Waals surface area contributed by atoms with Crippen LogP contribution in [0, 0.1) is 5.92 Å². The van der Waals surface area contributed by atoms with E-state index in [1.807, 2.05) is 37.4 Å². The lowest BCUT2D eigenvalue weighted by Crippen LogP contribution is -2.47. The number of piperidine rings is 1. The minimum Gasteiger partial charge on any atom is -0.352 e. The molecule has 1 saturated heterocycles. The van der Waals surface area contributed by atoms with Crippen LogP contribution in [0.5, 0.6) is 0 Å². The molecule has 1 heterocycles. The molecule has 0 radical (unpaired) electrons. The van der Waals surface area contributed by atoms with Crippen LogP contribution in [-0.4, -0.2) is 61.6 Å². The van der Waals surface area contributed by atoms with E-state index < -0.39 is 0 Å². The van der Waals surface area contributed by atoms with Gasteiger partial charge in [0.1, 0.15) is 0 Å². The van der Waals surface area contributed by atoms with Gasteiger partial charge in [-0.1, -0.05) is 12.1 Å². The van der Waals surface area contributed by atoms with Gasteiger partial charge in [0.05, 0.1) is 5.92 Å². The number of carbonyl (C=O) groups is 2. The van der Waals surface area contributed by atoms with Gasteiger partial charge < -0.3 is 15.1 Å². The number of rotatable bonds is 7. The largest absolute Gasteiger partial charge is 0.352 e. The predicted octanol–water partition coefficient (Wildman–Crippen LogP) is 1.82. The van der Waals surface area contributed by atoms with Crippen LogP contribution >= 0.6 is 11.8 Å². The number of nitrogens with zero attached hydrogens (tertiary/aromatic N) is 2. The summed E-state index contributed by atoms with van der Waals surface area (Å²) in [4.78, 5) is 29.5. The number of hydrogen-bond acceptors (Lipinski definition) is 4. The topological polar surface area (TPSA) is 52.7 Å². The van der Waals surface area contributed by atoms with Crippen molar-refractivity contribution in [2.75, 3.05) is 40.0 Å². The van der Waals surface area contributed by atoms with Crippen LogP contribution < -0.4 is 5.32 Å². The Kier molecular flexibility index (Phi) is 7.12. The van der Waals surface area contributed by atoms with Crippen LogP contribution in [0.3, 0.4) is 0 Å². The Morgan fingerprint density at radius 1 is 1.33 bits per heavy atom. The van der Waals surface area contributed by atoms with E-state index in [-0.39, 0.29) is 17.7 Å². The molecule has 0 spiro atoms. The molecule has 132 valence electrons. The number of likely N-dealkylation sites (tertiary alicyclic amines) is 1. The number of hydrogen-bond donors (Lipinski definition) is 1. The Morgan fingerprint density at radius 2 is 2.04 bits per heavy atom. The molecule has 0 bridgehead atoms. The van der Waals surface area contributed by atoms with Crippen molar-refractivity contribution < 1.29 is 9.59 Å². The summed E-state index contributed by atoms with van der Waals surface area (Å²) in [5.41, 5.74) is 1.09. The summed E-state index contributed by atoms with van der Waals surface area (Å²) in [6, 6.07) is 8.21. The van der Waals surface area contributed by atoms with E-state index in [2.05, 4.69) is 22.3 Å².